The van der Waals surface area contributed by atoms with Gasteiger partial charge in [0.2, 0.25) is 0 Å². The number of para-hydroxylation sites is 1. The Bertz CT molecular complexity index is 234. The van der Waals surface area contributed by atoms with Crippen molar-refractivity contribution in [3.05, 3.63) is 23.8 Å². The number of benzene rings is 1. The van der Waals surface area contributed by atoms with Crippen LogP contribution in [0.3, 0.4) is 0 Å². The third-order valence-electron chi connectivity index (χ3n) is 2.05. The van der Waals surface area contributed by atoms with E-state index in [1.54, 1.807) is 0 Å². The maximum atomic E-state index is 3.20. The lowest BCUT2D eigenvalue weighted by Crippen LogP contribution is -1.99. The lowest BCUT2D eigenvalue weighted by atomic mass is 10.1. The Hall–Kier alpha value is -1.18. The van der Waals surface area contributed by atoms with Crippen molar-refractivity contribution in [1.82, 2.24) is 0 Å². The highest BCUT2D eigenvalue weighted by Crippen LogP contribution is 2.25. The summed E-state index contributed by atoms with van der Waals surface area (Å²) in [5.74, 6) is 0. The molecule has 2 N–H and O–H groups in total. The normalized spacial score (nSPS) is 9.58. The zero-order valence-corrected chi connectivity index (χ0v) is 7.94. The van der Waals surface area contributed by atoms with Gasteiger partial charge in [0.15, 0.2) is 0 Å². The SMILES string of the molecule is CCc1cccc(NC)c1NC. The van der Waals surface area contributed by atoms with Crippen molar-refractivity contribution in [2.75, 3.05) is 24.7 Å². The summed E-state index contributed by atoms with van der Waals surface area (Å²) in [6.07, 6.45) is 1.06. The molecule has 66 valence electrons. The molecule has 12 heavy (non-hydrogen) atoms. The number of anilines is 2. The third-order valence-corrected chi connectivity index (χ3v) is 2.05. The largest absolute Gasteiger partial charge is 0.386 e. The Kier molecular flexibility index (Phi) is 2.97. The molecule has 0 radical (unpaired) electrons. The van der Waals surface area contributed by atoms with Gasteiger partial charge in [-0.05, 0) is 18.1 Å². The van der Waals surface area contributed by atoms with Gasteiger partial charge in [-0.3, -0.25) is 0 Å². The van der Waals surface area contributed by atoms with E-state index in [0.29, 0.717) is 0 Å². The van der Waals surface area contributed by atoms with Crippen LogP contribution in [-0.4, -0.2) is 14.1 Å². The minimum absolute atomic E-state index is 1.06. The monoisotopic (exact) mass is 164 g/mol. The Balaban J connectivity index is 3.13. The molecule has 0 amide bonds. The molecular weight excluding hydrogens is 148 g/mol. The molecule has 0 aliphatic carbocycles. The van der Waals surface area contributed by atoms with E-state index in [2.05, 4.69) is 35.8 Å². The van der Waals surface area contributed by atoms with Gasteiger partial charge in [-0.15, -0.1) is 0 Å². The van der Waals surface area contributed by atoms with E-state index >= 15 is 0 Å². The zero-order chi connectivity index (χ0) is 8.97. The van der Waals surface area contributed by atoms with Gasteiger partial charge in [0.25, 0.3) is 0 Å². The minimum Gasteiger partial charge on any atom is -0.386 e. The zero-order valence-electron chi connectivity index (χ0n) is 7.94. The average Bonchev–Trinajstić information content (AvgIpc) is 2.16. The molecule has 0 atom stereocenters. The highest BCUT2D eigenvalue weighted by molar-refractivity contribution is 5.72. The summed E-state index contributed by atoms with van der Waals surface area (Å²) in [4.78, 5) is 0. The fraction of sp³-hybridized carbons (Fsp3) is 0.400. The molecule has 0 aromatic heterocycles. The minimum atomic E-state index is 1.06. The molecule has 0 bridgehead atoms. The number of hydrogen-bond acceptors (Lipinski definition) is 2. The van der Waals surface area contributed by atoms with Gasteiger partial charge < -0.3 is 10.6 Å². The van der Waals surface area contributed by atoms with Crippen LogP contribution >= 0.6 is 0 Å². The van der Waals surface area contributed by atoms with Crippen molar-refractivity contribution >= 4 is 11.4 Å². The van der Waals surface area contributed by atoms with Crippen LogP contribution in [0.4, 0.5) is 11.4 Å². The van der Waals surface area contributed by atoms with Gasteiger partial charge in [-0.2, -0.15) is 0 Å². The summed E-state index contributed by atoms with van der Waals surface area (Å²) in [5, 5.41) is 6.36. The lowest BCUT2D eigenvalue weighted by Gasteiger charge is -2.12. The van der Waals surface area contributed by atoms with Crippen LogP contribution in [-0.2, 0) is 6.42 Å². The van der Waals surface area contributed by atoms with E-state index in [4.69, 9.17) is 0 Å². The summed E-state index contributed by atoms with van der Waals surface area (Å²) in [6, 6.07) is 6.29. The first-order valence-electron chi connectivity index (χ1n) is 4.30. The summed E-state index contributed by atoms with van der Waals surface area (Å²) < 4.78 is 0. The van der Waals surface area contributed by atoms with Crippen molar-refractivity contribution in [2.24, 2.45) is 0 Å². The van der Waals surface area contributed by atoms with Gasteiger partial charge in [-0.1, -0.05) is 19.1 Å². The first-order chi connectivity index (χ1) is 5.83. The molecule has 0 saturated carbocycles. The summed E-state index contributed by atoms with van der Waals surface area (Å²) in [7, 11) is 3.89. The molecule has 0 aliphatic rings. The van der Waals surface area contributed by atoms with Crippen molar-refractivity contribution in [1.29, 1.82) is 0 Å². The predicted molar refractivity (Wildman–Crippen MR) is 54.9 cm³/mol. The van der Waals surface area contributed by atoms with Crippen molar-refractivity contribution in [3.8, 4) is 0 Å². The lowest BCUT2D eigenvalue weighted by molar-refractivity contribution is 1.14. The quantitative estimate of drug-likeness (QED) is 0.716. The summed E-state index contributed by atoms with van der Waals surface area (Å²) in [5.41, 5.74) is 3.73. The molecule has 0 aliphatic heterocycles. The van der Waals surface area contributed by atoms with E-state index in [0.717, 1.165) is 12.1 Å². The van der Waals surface area contributed by atoms with Crippen LogP contribution in [0.5, 0.6) is 0 Å². The molecule has 1 aromatic carbocycles. The van der Waals surface area contributed by atoms with Gasteiger partial charge in [0.1, 0.15) is 0 Å². The van der Waals surface area contributed by atoms with E-state index in [1.807, 2.05) is 14.1 Å². The van der Waals surface area contributed by atoms with Gasteiger partial charge >= 0.3 is 0 Å². The first kappa shape index (κ1) is 8.91. The van der Waals surface area contributed by atoms with Crippen LogP contribution < -0.4 is 10.6 Å². The molecule has 0 unspecified atom stereocenters. The Morgan fingerprint density at radius 3 is 2.42 bits per heavy atom. The topological polar surface area (TPSA) is 24.1 Å². The van der Waals surface area contributed by atoms with E-state index in [-0.39, 0.29) is 0 Å². The summed E-state index contributed by atoms with van der Waals surface area (Å²) in [6.45, 7) is 2.16. The van der Waals surface area contributed by atoms with Crippen molar-refractivity contribution in [2.45, 2.75) is 13.3 Å². The van der Waals surface area contributed by atoms with E-state index in [1.165, 1.54) is 11.3 Å². The second kappa shape index (κ2) is 4.00. The van der Waals surface area contributed by atoms with E-state index < -0.39 is 0 Å². The maximum Gasteiger partial charge on any atom is 0.0605 e. The number of hydrogen-bond donors (Lipinski definition) is 2. The maximum absolute atomic E-state index is 3.20. The van der Waals surface area contributed by atoms with E-state index in [9.17, 15) is 0 Å². The fourth-order valence-corrected chi connectivity index (χ4v) is 1.40. The van der Waals surface area contributed by atoms with Gasteiger partial charge in [0.05, 0.1) is 11.4 Å². The summed E-state index contributed by atoms with van der Waals surface area (Å²) >= 11 is 0. The second-order valence-corrected chi connectivity index (χ2v) is 2.69. The molecule has 0 fully saturated rings. The van der Waals surface area contributed by atoms with Crippen LogP contribution in [0.15, 0.2) is 18.2 Å². The third kappa shape index (κ3) is 1.52. The smallest absolute Gasteiger partial charge is 0.0605 e. The van der Waals surface area contributed by atoms with Crippen LogP contribution in [0.25, 0.3) is 0 Å². The standard InChI is InChI=1S/C10H16N2/c1-4-8-6-5-7-9(11-2)10(8)12-3/h5-7,11-12H,4H2,1-3H3. The molecule has 2 heteroatoms. The van der Waals surface area contributed by atoms with Crippen LogP contribution in [0, 0.1) is 0 Å². The first-order valence-corrected chi connectivity index (χ1v) is 4.30. The number of nitrogens with one attached hydrogen (secondary N) is 2. The average molecular weight is 164 g/mol. The molecular formula is C10H16N2. The van der Waals surface area contributed by atoms with Crippen LogP contribution in [0.1, 0.15) is 12.5 Å². The molecule has 0 spiro atoms. The van der Waals surface area contributed by atoms with Gasteiger partial charge in [0, 0.05) is 14.1 Å². The Labute approximate surface area is 74.0 Å². The number of aryl methyl sites for hydroxylation is 1. The van der Waals surface area contributed by atoms with Crippen LogP contribution in [0.2, 0.25) is 0 Å². The van der Waals surface area contributed by atoms with Gasteiger partial charge in [-0.25, -0.2) is 0 Å². The Morgan fingerprint density at radius 1 is 1.17 bits per heavy atom. The highest BCUT2D eigenvalue weighted by atomic mass is 14.9. The Morgan fingerprint density at radius 2 is 1.92 bits per heavy atom. The number of rotatable bonds is 3. The molecule has 0 heterocycles. The fourth-order valence-electron chi connectivity index (χ4n) is 1.40. The highest BCUT2D eigenvalue weighted by Gasteiger charge is 2.02. The predicted octanol–water partition coefficient (Wildman–Crippen LogP) is 2.33. The van der Waals surface area contributed by atoms with Crippen molar-refractivity contribution < 1.29 is 0 Å². The molecule has 1 rings (SSSR count). The molecule has 0 saturated heterocycles. The molecule has 2 nitrogen and oxygen atoms in total. The molecule has 1 aromatic rings. The van der Waals surface area contributed by atoms with Crippen molar-refractivity contribution in [3.63, 3.8) is 0 Å². The second-order valence-electron chi connectivity index (χ2n) is 2.69.